The summed E-state index contributed by atoms with van der Waals surface area (Å²) in [6, 6.07) is 6.01. The molecule has 1 N–H and O–H groups in total. The molecule has 21 heavy (non-hydrogen) atoms. The number of carbonyl (C=O) groups excluding carboxylic acids is 1. The van der Waals surface area contributed by atoms with Gasteiger partial charge in [0.05, 0.1) is 0 Å². The van der Waals surface area contributed by atoms with Crippen molar-refractivity contribution in [3.63, 3.8) is 0 Å². The highest BCUT2D eigenvalue weighted by molar-refractivity contribution is 5.96. The van der Waals surface area contributed by atoms with E-state index in [0.717, 1.165) is 30.6 Å². The van der Waals surface area contributed by atoms with Crippen molar-refractivity contribution in [1.82, 2.24) is 9.80 Å². The van der Waals surface area contributed by atoms with Gasteiger partial charge in [-0.05, 0) is 45.1 Å². The van der Waals surface area contributed by atoms with Gasteiger partial charge >= 0.3 is 0 Å². The van der Waals surface area contributed by atoms with Crippen LogP contribution in [0.25, 0.3) is 0 Å². The predicted molar refractivity (Wildman–Crippen MR) is 83.1 cm³/mol. The number of benzene rings is 1. The molecule has 1 aliphatic rings. The molecule has 1 aliphatic heterocycles. The first-order valence-electron chi connectivity index (χ1n) is 7.19. The first kappa shape index (κ1) is 15.6. The van der Waals surface area contributed by atoms with Gasteiger partial charge in [0.1, 0.15) is 6.61 Å². The summed E-state index contributed by atoms with van der Waals surface area (Å²) in [5, 5.41) is 8.80. The zero-order valence-electron chi connectivity index (χ0n) is 12.9. The Morgan fingerprint density at radius 3 is 2.86 bits per heavy atom. The van der Waals surface area contributed by atoms with Gasteiger partial charge < -0.3 is 14.9 Å². The summed E-state index contributed by atoms with van der Waals surface area (Å²) in [4.78, 5) is 16.8. The van der Waals surface area contributed by atoms with E-state index in [2.05, 4.69) is 30.8 Å². The van der Waals surface area contributed by atoms with Crippen LogP contribution in [0.4, 0.5) is 0 Å². The van der Waals surface area contributed by atoms with Crippen LogP contribution < -0.4 is 0 Å². The quantitative estimate of drug-likeness (QED) is 0.829. The van der Waals surface area contributed by atoms with Gasteiger partial charge in [0.25, 0.3) is 5.91 Å². The highest BCUT2D eigenvalue weighted by atomic mass is 16.2. The highest BCUT2D eigenvalue weighted by Gasteiger charge is 2.28. The molecule has 1 unspecified atom stereocenters. The van der Waals surface area contributed by atoms with E-state index in [1.165, 1.54) is 0 Å². The van der Waals surface area contributed by atoms with Crippen LogP contribution in [0.5, 0.6) is 0 Å². The molecule has 1 fully saturated rings. The third-order valence-corrected chi connectivity index (χ3v) is 4.05. The minimum Gasteiger partial charge on any atom is -0.384 e. The average molecular weight is 286 g/mol. The summed E-state index contributed by atoms with van der Waals surface area (Å²) in [5.74, 6) is 5.61. The van der Waals surface area contributed by atoms with Crippen LogP contribution in [0.2, 0.25) is 0 Å². The zero-order chi connectivity index (χ0) is 15.4. The number of amides is 1. The van der Waals surface area contributed by atoms with E-state index in [-0.39, 0.29) is 12.5 Å². The number of aliphatic hydroxyl groups excluding tert-OH is 1. The number of hydrogen-bond donors (Lipinski definition) is 1. The van der Waals surface area contributed by atoms with Crippen LogP contribution in [0.15, 0.2) is 18.2 Å². The maximum atomic E-state index is 12.7. The van der Waals surface area contributed by atoms with Gasteiger partial charge in [-0.3, -0.25) is 4.79 Å². The van der Waals surface area contributed by atoms with Gasteiger partial charge in [-0.15, -0.1) is 0 Å². The minimum atomic E-state index is -0.172. The maximum Gasteiger partial charge on any atom is 0.254 e. The van der Waals surface area contributed by atoms with Crippen molar-refractivity contribution in [2.45, 2.75) is 19.4 Å². The van der Waals surface area contributed by atoms with Crippen LogP contribution in [0.1, 0.15) is 27.9 Å². The van der Waals surface area contributed by atoms with Crippen molar-refractivity contribution in [2.75, 3.05) is 33.8 Å². The lowest BCUT2D eigenvalue weighted by molar-refractivity contribution is 0.0782. The molecule has 4 heteroatoms. The molecule has 4 nitrogen and oxygen atoms in total. The molecule has 0 aliphatic carbocycles. The Hall–Kier alpha value is -1.83. The molecule has 1 saturated heterocycles. The molecule has 0 radical (unpaired) electrons. The molecular formula is C17H22N2O2. The van der Waals surface area contributed by atoms with E-state index in [1.807, 2.05) is 30.0 Å². The molecule has 1 aromatic carbocycles. The number of carbonyl (C=O) groups is 1. The molecule has 1 aromatic rings. The van der Waals surface area contributed by atoms with E-state index < -0.39 is 0 Å². The van der Waals surface area contributed by atoms with Crippen LogP contribution in [0.3, 0.4) is 0 Å². The lowest BCUT2D eigenvalue weighted by Gasteiger charge is -2.21. The molecule has 1 heterocycles. The minimum absolute atomic E-state index is 0.0736. The van der Waals surface area contributed by atoms with Gasteiger partial charge in [-0.1, -0.05) is 17.9 Å². The van der Waals surface area contributed by atoms with Crippen molar-refractivity contribution >= 4 is 5.91 Å². The fraction of sp³-hybridized carbons (Fsp3) is 0.471. The smallest absolute Gasteiger partial charge is 0.254 e. The Labute approximate surface area is 126 Å². The van der Waals surface area contributed by atoms with Gasteiger partial charge in [0.15, 0.2) is 0 Å². The van der Waals surface area contributed by atoms with Crippen molar-refractivity contribution in [3.8, 4) is 11.8 Å². The molecule has 0 aromatic heterocycles. The number of likely N-dealkylation sites (tertiary alicyclic amines) is 1. The first-order valence-corrected chi connectivity index (χ1v) is 7.19. The van der Waals surface area contributed by atoms with Crippen molar-refractivity contribution in [1.29, 1.82) is 0 Å². The van der Waals surface area contributed by atoms with E-state index in [0.29, 0.717) is 11.6 Å². The monoisotopic (exact) mass is 286 g/mol. The molecular weight excluding hydrogens is 264 g/mol. The third-order valence-electron chi connectivity index (χ3n) is 4.05. The second-order valence-corrected chi connectivity index (χ2v) is 5.60. The SMILES string of the molecule is Cc1c(C#CCO)cccc1C(=O)N1CCC(N(C)C)C1. The molecule has 1 amide bonds. The highest BCUT2D eigenvalue weighted by Crippen LogP contribution is 2.20. The Morgan fingerprint density at radius 2 is 2.24 bits per heavy atom. The van der Waals surface area contributed by atoms with Gasteiger partial charge in [0.2, 0.25) is 0 Å². The molecule has 1 atom stereocenters. The van der Waals surface area contributed by atoms with E-state index in [9.17, 15) is 4.79 Å². The average Bonchev–Trinajstić information content (AvgIpc) is 2.95. The van der Waals surface area contributed by atoms with Crippen molar-refractivity contribution < 1.29 is 9.90 Å². The Bertz CT molecular complexity index is 584. The van der Waals surface area contributed by atoms with Crippen LogP contribution >= 0.6 is 0 Å². The molecule has 2 rings (SSSR count). The van der Waals surface area contributed by atoms with E-state index >= 15 is 0 Å². The zero-order valence-corrected chi connectivity index (χ0v) is 12.9. The number of rotatable bonds is 2. The lowest BCUT2D eigenvalue weighted by atomic mass is 10.0. The number of aliphatic hydroxyl groups is 1. The number of nitrogens with zero attached hydrogens (tertiary/aromatic N) is 2. The fourth-order valence-electron chi connectivity index (χ4n) is 2.66. The van der Waals surface area contributed by atoms with Gasteiger partial charge in [-0.2, -0.15) is 0 Å². The van der Waals surface area contributed by atoms with Crippen molar-refractivity contribution in [2.24, 2.45) is 0 Å². The Balaban J connectivity index is 2.21. The van der Waals surface area contributed by atoms with Gasteiger partial charge in [-0.25, -0.2) is 0 Å². The van der Waals surface area contributed by atoms with Crippen LogP contribution in [0, 0.1) is 18.8 Å². The largest absolute Gasteiger partial charge is 0.384 e. The summed E-state index contributed by atoms with van der Waals surface area (Å²) in [5.41, 5.74) is 2.40. The van der Waals surface area contributed by atoms with Crippen LogP contribution in [-0.4, -0.2) is 60.6 Å². The lowest BCUT2D eigenvalue weighted by Crippen LogP contribution is -2.34. The topological polar surface area (TPSA) is 43.8 Å². The van der Waals surface area contributed by atoms with E-state index in [4.69, 9.17) is 5.11 Å². The summed E-state index contributed by atoms with van der Waals surface area (Å²) in [7, 11) is 4.10. The summed E-state index contributed by atoms with van der Waals surface area (Å²) >= 11 is 0. The summed E-state index contributed by atoms with van der Waals surface area (Å²) in [6.45, 7) is 3.31. The molecule has 0 saturated carbocycles. The molecule has 112 valence electrons. The second kappa shape index (κ2) is 6.75. The van der Waals surface area contributed by atoms with Crippen LogP contribution in [-0.2, 0) is 0 Å². The Morgan fingerprint density at radius 1 is 1.48 bits per heavy atom. The summed E-state index contributed by atoms with van der Waals surface area (Å²) < 4.78 is 0. The number of likely N-dealkylation sites (N-methyl/N-ethyl adjacent to an activating group) is 1. The maximum absolute atomic E-state index is 12.7. The fourth-order valence-corrected chi connectivity index (χ4v) is 2.66. The Kier molecular flexibility index (Phi) is 5.00. The first-order chi connectivity index (χ1) is 10.0. The third kappa shape index (κ3) is 3.44. The van der Waals surface area contributed by atoms with E-state index in [1.54, 1.807) is 0 Å². The second-order valence-electron chi connectivity index (χ2n) is 5.60. The van der Waals surface area contributed by atoms with Gasteiger partial charge in [0, 0.05) is 30.3 Å². The standard InChI is InChI=1S/C17H22N2O2/c1-13-14(7-5-11-20)6-4-8-16(13)17(21)19-10-9-15(12-19)18(2)3/h4,6,8,15,20H,9-12H2,1-3H3. The predicted octanol–water partition coefficient (Wildman–Crippen LogP) is 1.11. The molecule has 0 bridgehead atoms. The number of hydrogen-bond acceptors (Lipinski definition) is 3. The summed E-state index contributed by atoms with van der Waals surface area (Å²) in [6.07, 6.45) is 1.02. The van der Waals surface area contributed by atoms with Crippen molar-refractivity contribution in [3.05, 3.63) is 34.9 Å². The molecule has 0 spiro atoms. The normalized spacial score (nSPS) is 17.8.